The van der Waals surface area contributed by atoms with E-state index in [1.807, 2.05) is 19.9 Å². The summed E-state index contributed by atoms with van der Waals surface area (Å²) in [6.07, 6.45) is 0.581. The molecular weight excluding hydrogens is 426 g/mol. The lowest BCUT2D eigenvalue weighted by molar-refractivity contribution is 0.102. The highest BCUT2D eigenvalue weighted by molar-refractivity contribution is 7.93. The van der Waals surface area contributed by atoms with Gasteiger partial charge in [-0.05, 0) is 56.7 Å². The molecule has 1 aromatic carbocycles. The molecule has 30 heavy (non-hydrogen) atoms. The first-order valence-corrected chi connectivity index (χ1v) is 11.4. The molecule has 1 aliphatic rings. The number of halogens is 1. The molecule has 3 heterocycles. The molecule has 4 rings (SSSR count). The highest BCUT2D eigenvalue weighted by atomic mass is 35.5. The molecule has 1 N–H and O–H groups in total. The Morgan fingerprint density at radius 1 is 1.17 bits per heavy atom. The normalized spacial score (nSPS) is 15.4. The zero-order valence-corrected chi connectivity index (χ0v) is 18.0. The number of nitrogens with zero attached hydrogens (tertiary/aromatic N) is 4. The molecule has 3 aromatic rings. The van der Waals surface area contributed by atoms with Crippen LogP contribution in [0.5, 0.6) is 0 Å². The summed E-state index contributed by atoms with van der Waals surface area (Å²) in [6, 6.07) is 11.9. The minimum atomic E-state index is -3.31. The number of aromatic nitrogens is 3. The van der Waals surface area contributed by atoms with E-state index in [-0.39, 0.29) is 16.5 Å². The third-order valence-electron chi connectivity index (χ3n) is 4.76. The summed E-state index contributed by atoms with van der Waals surface area (Å²) >= 11 is 6.22. The topological polar surface area (TPSA) is 97.2 Å². The van der Waals surface area contributed by atoms with Crippen LogP contribution in [0.4, 0.5) is 11.4 Å². The van der Waals surface area contributed by atoms with E-state index in [1.54, 1.807) is 41.1 Å². The summed E-state index contributed by atoms with van der Waals surface area (Å²) in [7, 11) is -3.31. The highest BCUT2D eigenvalue weighted by Crippen LogP contribution is 2.27. The van der Waals surface area contributed by atoms with E-state index in [9.17, 15) is 13.2 Å². The molecule has 2 aromatic heterocycles. The minimum Gasteiger partial charge on any atom is -0.321 e. The van der Waals surface area contributed by atoms with E-state index in [2.05, 4.69) is 15.4 Å². The van der Waals surface area contributed by atoms with Gasteiger partial charge < -0.3 is 5.32 Å². The molecule has 0 radical (unpaired) electrons. The van der Waals surface area contributed by atoms with E-state index in [0.29, 0.717) is 30.2 Å². The lowest BCUT2D eigenvalue weighted by atomic mass is 10.2. The number of sulfonamides is 1. The van der Waals surface area contributed by atoms with E-state index in [1.165, 1.54) is 4.31 Å². The molecule has 0 atom stereocenters. The summed E-state index contributed by atoms with van der Waals surface area (Å²) in [4.78, 5) is 17.2. The number of nitrogens with one attached hydrogen (secondary N) is 1. The first kappa shape index (κ1) is 20.4. The fraction of sp³-hybridized carbons (Fsp3) is 0.250. The molecule has 1 amide bonds. The monoisotopic (exact) mass is 445 g/mol. The van der Waals surface area contributed by atoms with Gasteiger partial charge in [-0.3, -0.25) is 9.10 Å². The number of hydrogen-bond donors (Lipinski definition) is 1. The van der Waals surface area contributed by atoms with Gasteiger partial charge in [0, 0.05) is 17.9 Å². The Hall–Kier alpha value is -2.91. The Morgan fingerprint density at radius 2 is 1.97 bits per heavy atom. The third kappa shape index (κ3) is 3.90. The van der Waals surface area contributed by atoms with E-state index in [4.69, 9.17) is 11.6 Å². The van der Waals surface area contributed by atoms with Gasteiger partial charge in [0.1, 0.15) is 5.69 Å². The Kier molecular flexibility index (Phi) is 5.25. The predicted molar refractivity (Wildman–Crippen MR) is 116 cm³/mol. The van der Waals surface area contributed by atoms with Crippen LogP contribution in [0.1, 0.15) is 28.3 Å². The standard InChI is InChI=1S/C20H20ClN5O3S/c1-13-11-14(2)26(24-13)18-8-7-17(21)19(23-18)20(27)22-15-5-3-6-16(12-15)25-9-4-10-30(25,28)29/h3,5-8,11-12H,4,9-10H2,1-2H3,(H,22,27). The largest absolute Gasteiger partial charge is 0.321 e. The third-order valence-corrected chi connectivity index (χ3v) is 6.94. The highest BCUT2D eigenvalue weighted by Gasteiger charge is 2.28. The van der Waals surface area contributed by atoms with E-state index in [0.717, 1.165) is 11.4 Å². The number of anilines is 2. The van der Waals surface area contributed by atoms with Crippen molar-refractivity contribution in [1.82, 2.24) is 14.8 Å². The molecule has 8 nitrogen and oxygen atoms in total. The fourth-order valence-electron chi connectivity index (χ4n) is 3.43. The molecule has 0 saturated carbocycles. The average molecular weight is 446 g/mol. The number of hydrogen-bond acceptors (Lipinski definition) is 5. The molecule has 156 valence electrons. The van der Waals surface area contributed by atoms with Crippen molar-refractivity contribution in [3.05, 3.63) is 64.6 Å². The number of aryl methyl sites for hydroxylation is 2. The number of carbonyl (C=O) groups excluding carboxylic acids is 1. The van der Waals surface area contributed by atoms with Gasteiger partial charge in [-0.15, -0.1) is 0 Å². The van der Waals surface area contributed by atoms with Gasteiger partial charge in [-0.1, -0.05) is 17.7 Å². The zero-order chi connectivity index (χ0) is 21.5. The van der Waals surface area contributed by atoms with Crippen LogP contribution in [-0.4, -0.2) is 41.4 Å². The van der Waals surface area contributed by atoms with Crippen LogP contribution in [0, 0.1) is 13.8 Å². The van der Waals surface area contributed by atoms with Gasteiger partial charge in [-0.25, -0.2) is 18.1 Å². The maximum absolute atomic E-state index is 12.8. The van der Waals surface area contributed by atoms with Gasteiger partial charge >= 0.3 is 0 Å². The molecular formula is C20H20ClN5O3S. The van der Waals surface area contributed by atoms with Crippen LogP contribution in [-0.2, 0) is 10.0 Å². The van der Waals surface area contributed by atoms with Gasteiger partial charge in [0.25, 0.3) is 5.91 Å². The fourth-order valence-corrected chi connectivity index (χ4v) is 5.18. The van der Waals surface area contributed by atoms with Gasteiger partial charge in [0.15, 0.2) is 5.82 Å². The second kappa shape index (κ2) is 7.73. The van der Waals surface area contributed by atoms with Crippen molar-refractivity contribution >= 4 is 38.9 Å². The summed E-state index contributed by atoms with van der Waals surface area (Å²) in [6.45, 7) is 4.20. The van der Waals surface area contributed by atoms with Gasteiger partial charge in [-0.2, -0.15) is 5.10 Å². The second-order valence-corrected chi connectivity index (χ2v) is 9.50. The smallest absolute Gasteiger partial charge is 0.275 e. The van der Waals surface area contributed by atoms with Crippen molar-refractivity contribution in [3.8, 4) is 5.82 Å². The molecule has 0 bridgehead atoms. The maximum atomic E-state index is 12.8. The molecule has 0 unspecified atom stereocenters. The summed E-state index contributed by atoms with van der Waals surface area (Å²) < 4.78 is 27.3. The molecule has 0 spiro atoms. The van der Waals surface area contributed by atoms with E-state index < -0.39 is 15.9 Å². The molecule has 1 aliphatic heterocycles. The van der Waals surface area contributed by atoms with Crippen molar-refractivity contribution in [2.45, 2.75) is 20.3 Å². The van der Waals surface area contributed by atoms with Crippen molar-refractivity contribution in [3.63, 3.8) is 0 Å². The molecule has 10 heteroatoms. The Labute approximate surface area is 179 Å². The van der Waals surface area contributed by atoms with E-state index >= 15 is 0 Å². The maximum Gasteiger partial charge on any atom is 0.275 e. The van der Waals surface area contributed by atoms with Crippen molar-refractivity contribution in [2.24, 2.45) is 0 Å². The lowest BCUT2D eigenvalue weighted by Crippen LogP contribution is -2.25. The average Bonchev–Trinajstić information content (AvgIpc) is 3.22. The Bertz CT molecular complexity index is 1240. The Balaban J connectivity index is 1.61. The van der Waals surface area contributed by atoms with Crippen molar-refractivity contribution in [1.29, 1.82) is 0 Å². The van der Waals surface area contributed by atoms with Gasteiger partial charge in [0.05, 0.1) is 22.2 Å². The summed E-state index contributed by atoms with van der Waals surface area (Å²) in [5, 5.41) is 7.34. The van der Waals surface area contributed by atoms with Crippen LogP contribution in [0.3, 0.4) is 0 Å². The minimum absolute atomic E-state index is 0.0564. The number of rotatable bonds is 4. The van der Waals surface area contributed by atoms with Crippen LogP contribution in [0.15, 0.2) is 42.5 Å². The number of amides is 1. The summed E-state index contributed by atoms with van der Waals surface area (Å²) in [5.41, 5.74) is 2.74. The zero-order valence-electron chi connectivity index (χ0n) is 16.5. The Morgan fingerprint density at radius 3 is 2.63 bits per heavy atom. The molecule has 0 aliphatic carbocycles. The van der Waals surface area contributed by atoms with Crippen LogP contribution in [0.2, 0.25) is 5.02 Å². The number of carbonyl (C=O) groups is 1. The van der Waals surface area contributed by atoms with Crippen LogP contribution >= 0.6 is 11.6 Å². The predicted octanol–water partition coefficient (Wildman–Crippen LogP) is 3.33. The van der Waals surface area contributed by atoms with Crippen LogP contribution in [0.25, 0.3) is 5.82 Å². The SMILES string of the molecule is Cc1cc(C)n(-c2ccc(Cl)c(C(=O)Nc3cccc(N4CCCS4(=O)=O)c3)n2)n1. The van der Waals surface area contributed by atoms with Crippen molar-refractivity contribution in [2.75, 3.05) is 21.9 Å². The first-order valence-electron chi connectivity index (χ1n) is 9.36. The number of benzene rings is 1. The lowest BCUT2D eigenvalue weighted by Gasteiger charge is -2.18. The van der Waals surface area contributed by atoms with Crippen molar-refractivity contribution < 1.29 is 13.2 Å². The molecule has 1 saturated heterocycles. The van der Waals surface area contributed by atoms with Gasteiger partial charge in [0.2, 0.25) is 10.0 Å². The second-order valence-electron chi connectivity index (χ2n) is 7.08. The number of pyridine rings is 1. The molecule has 1 fully saturated rings. The quantitative estimate of drug-likeness (QED) is 0.664. The first-order chi connectivity index (χ1) is 14.2. The summed E-state index contributed by atoms with van der Waals surface area (Å²) in [5.74, 6) is 0.110. The van der Waals surface area contributed by atoms with Crippen LogP contribution < -0.4 is 9.62 Å².